The van der Waals surface area contributed by atoms with Gasteiger partial charge in [0.25, 0.3) is 5.91 Å². The Kier molecular flexibility index (Phi) is 6.80. The number of likely N-dealkylation sites (tertiary alicyclic amines) is 1. The van der Waals surface area contributed by atoms with Gasteiger partial charge in [0.05, 0.1) is 5.41 Å². The molecule has 2 N–H and O–H groups in total. The van der Waals surface area contributed by atoms with Gasteiger partial charge in [0, 0.05) is 31.4 Å². The summed E-state index contributed by atoms with van der Waals surface area (Å²) >= 11 is 0. The topological polar surface area (TPSA) is 90.0 Å². The van der Waals surface area contributed by atoms with Crippen LogP contribution < -0.4 is 5.32 Å². The lowest BCUT2D eigenvalue weighted by Gasteiger charge is -2.39. The van der Waals surface area contributed by atoms with E-state index in [1.54, 1.807) is 25.1 Å². The quantitative estimate of drug-likeness (QED) is 0.755. The zero-order valence-corrected chi connectivity index (χ0v) is 17.3. The van der Waals surface area contributed by atoms with Gasteiger partial charge < -0.3 is 20.2 Å². The lowest BCUT2D eigenvalue weighted by molar-refractivity contribution is -0.192. The van der Waals surface area contributed by atoms with Crippen molar-refractivity contribution < 1.29 is 32.7 Å². The van der Waals surface area contributed by atoms with E-state index in [0.29, 0.717) is 11.6 Å². The van der Waals surface area contributed by atoms with Crippen LogP contribution in [0.4, 0.5) is 18.9 Å². The number of piperidine rings is 1. The van der Waals surface area contributed by atoms with Crippen molar-refractivity contribution in [2.75, 3.05) is 32.5 Å². The Labute approximate surface area is 172 Å². The molecule has 0 aromatic heterocycles. The zero-order chi connectivity index (χ0) is 22.9. The highest BCUT2D eigenvalue weighted by molar-refractivity contribution is 6.07. The van der Waals surface area contributed by atoms with Gasteiger partial charge in [-0.05, 0) is 63.5 Å². The highest BCUT2D eigenvalue weighted by atomic mass is 19.4. The molecule has 0 aliphatic carbocycles. The molecule has 2 aliphatic heterocycles. The number of alkyl halides is 3. The Bertz CT molecular complexity index is 829. The molecule has 166 valence electrons. The standard InChI is InChI=1S/C18H25N3O2.C2HF3O2/c1-12(2)21-9-7-18(8-10-21)14-11-13(16(22)20(3)4)5-6-15(14)19-17(18)23;3-2(4,5)1(6)7/h5-6,11-12H,7-10H2,1-4H3,(H,19,23);(H,6,7). The number of carboxylic acids is 1. The molecule has 2 aliphatic rings. The van der Waals surface area contributed by atoms with Crippen molar-refractivity contribution in [1.82, 2.24) is 9.80 Å². The predicted octanol–water partition coefficient (Wildman–Crippen LogP) is 2.72. The number of anilines is 1. The van der Waals surface area contributed by atoms with Crippen molar-refractivity contribution in [1.29, 1.82) is 0 Å². The van der Waals surface area contributed by atoms with Crippen LogP contribution in [0, 0.1) is 0 Å². The Morgan fingerprint density at radius 3 is 2.17 bits per heavy atom. The molecule has 2 amide bonds. The summed E-state index contributed by atoms with van der Waals surface area (Å²) in [5.74, 6) is -2.69. The van der Waals surface area contributed by atoms with Crippen LogP contribution in [-0.4, -0.2) is 72.1 Å². The number of nitrogens with zero attached hydrogens (tertiary/aromatic N) is 2. The lowest BCUT2D eigenvalue weighted by atomic mass is 9.73. The first-order valence-electron chi connectivity index (χ1n) is 9.51. The summed E-state index contributed by atoms with van der Waals surface area (Å²) in [6.45, 7) is 6.20. The predicted molar refractivity (Wildman–Crippen MR) is 104 cm³/mol. The number of benzene rings is 1. The summed E-state index contributed by atoms with van der Waals surface area (Å²) < 4.78 is 31.7. The Morgan fingerprint density at radius 2 is 1.73 bits per heavy atom. The maximum absolute atomic E-state index is 12.7. The van der Waals surface area contributed by atoms with E-state index in [4.69, 9.17) is 9.90 Å². The first-order valence-corrected chi connectivity index (χ1v) is 9.51. The van der Waals surface area contributed by atoms with Crippen LogP contribution in [0.2, 0.25) is 0 Å². The average molecular weight is 429 g/mol. The van der Waals surface area contributed by atoms with Gasteiger partial charge in [-0.25, -0.2) is 4.79 Å². The van der Waals surface area contributed by atoms with Gasteiger partial charge in [-0.1, -0.05) is 0 Å². The van der Waals surface area contributed by atoms with Gasteiger partial charge in [-0.15, -0.1) is 0 Å². The summed E-state index contributed by atoms with van der Waals surface area (Å²) in [5, 5.41) is 10.1. The molecule has 10 heteroatoms. The number of carbonyl (C=O) groups excluding carboxylic acids is 2. The number of hydrogen-bond acceptors (Lipinski definition) is 4. The number of carbonyl (C=O) groups is 3. The van der Waals surface area contributed by atoms with Crippen molar-refractivity contribution in [2.24, 2.45) is 0 Å². The SMILES string of the molecule is CC(C)N1CCC2(CC1)C(=O)Nc1ccc(C(=O)N(C)C)cc12.O=C(O)C(F)(F)F. The van der Waals surface area contributed by atoms with Gasteiger partial charge in [0.15, 0.2) is 0 Å². The molecule has 1 fully saturated rings. The van der Waals surface area contributed by atoms with Crippen molar-refractivity contribution in [3.8, 4) is 0 Å². The molecule has 2 heterocycles. The van der Waals surface area contributed by atoms with Gasteiger partial charge >= 0.3 is 12.1 Å². The third kappa shape index (κ3) is 4.75. The van der Waals surface area contributed by atoms with Crippen molar-refractivity contribution in [3.63, 3.8) is 0 Å². The molecule has 30 heavy (non-hydrogen) atoms. The number of halogens is 3. The second-order valence-corrected chi connectivity index (χ2v) is 7.93. The van der Waals surface area contributed by atoms with Gasteiger partial charge in [-0.3, -0.25) is 9.59 Å². The van der Waals surface area contributed by atoms with Crippen LogP contribution >= 0.6 is 0 Å². The Balaban J connectivity index is 0.000000396. The molecule has 0 bridgehead atoms. The number of aliphatic carboxylic acids is 1. The van der Waals surface area contributed by atoms with Crippen molar-refractivity contribution >= 4 is 23.5 Å². The van der Waals surface area contributed by atoms with Crippen molar-refractivity contribution in [3.05, 3.63) is 29.3 Å². The monoisotopic (exact) mass is 429 g/mol. The zero-order valence-electron chi connectivity index (χ0n) is 17.3. The normalized spacial score (nSPS) is 17.8. The minimum atomic E-state index is -5.08. The van der Waals surface area contributed by atoms with E-state index < -0.39 is 17.6 Å². The van der Waals surface area contributed by atoms with Crippen LogP contribution in [0.1, 0.15) is 42.6 Å². The van der Waals surface area contributed by atoms with E-state index in [-0.39, 0.29) is 11.8 Å². The molecule has 1 saturated heterocycles. The van der Waals surface area contributed by atoms with E-state index in [0.717, 1.165) is 37.2 Å². The fourth-order valence-electron chi connectivity index (χ4n) is 3.72. The third-order valence-electron chi connectivity index (χ3n) is 5.50. The molecule has 0 saturated carbocycles. The van der Waals surface area contributed by atoms with Crippen LogP contribution in [0.5, 0.6) is 0 Å². The first-order chi connectivity index (χ1) is 13.8. The smallest absolute Gasteiger partial charge is 0.475 e. The molecule has 1 spiro atoms. The van der Waals surface area contributed by atoms with E-state index in [2.05, 4.69) is 24.1 Å². The summed E-state index contributed by atoms with van der Waals surface area (Å²) in [5.41, 5.74) is 2.04. The maximum Gasteiger partial charge on any atom is 0.490 e. The number of amides is 2. The van der Waals surface area contributed by atoms with Gasteiger partial charge in [0.1, 0.15) is 0 Å². The first kappa shape index (κ1) is 23.7. The van der Waals surface area contributed by atoms with Crippen LogP contribution in [0.3, 0.4) is 0 Å². The highest BCUT2D eigenvalue weighted by Crippen LogP contribution is 2.45. The fourth-order valence-corrected chi connectivity index (χ4v) is 3.72. The minimum Gasteiger partial charge on any atom is -0.475 e. The maximum atomic E-state index is 12.7. The highest BCUT2D eigenvalue weighted by Gasteiger charge is 2.48. The summed E-state index contributed by atoms with van der Waals surface area (Å²) in [4.78, 5) is 37.8. The number of rotatable bonds is 2. The van der Waals surface area contributed by atoms with E-state index in [9.17, 15) is 22.8 Å². The van der Waals surface area contributed by atoms with E-state index in [1.807, 2.05) is 12.1 Å². The van der Waals surface area contributed by atoms with Crippen LogP contribution in [0.25, 0.3) is 0 Å². The van der Waals surface area contributed by atoms with E-state index in [1.165, 1.54) is 0 Å². The molecule has 0 unspecified atom stereocenters. The molecular formula is C20H26F3N3O4. The van der Waals surface area contributed by atoms with Crippen molar-refractivity contribution in [2.45, 2.75) is 44.3 Å². The number of fused-ring (bicyclic) bond motifs is 2. The van der Waals surface area contributed by atoms with E-state index >= 15 is 0 Å². The molecule has 3 rings (SSSR count). The second-order valence-electron chi connectivity index (χ2n) is 7.93. The van der Waals surface area contributed by atoms with Gasteiger partial charge in [-0.2, -0.15) is 13.2 Å². The number of nitrogens with one attached hydrogen (secondary N) is 1. The fraction of sp³-hybridized carbons (Fsp3) is 0.550. The molecular weight excluding hydrogens is 403 g/mol. The molecule has 7 nitrogen and oxygen atoms in total. The number of hydrogen-bond donors (Lipinski definition) is 2. The summed E-state index contributed by atoms with van der Waals surface area (Å²) in [6.07, 6.45) is -3.47. The molecule has 1 aromatic carbocycles. The van der Waals surface area contributed by atoms with Crippen LogP contribution in [-0.2, 0) is 15.0 Å². The molecule has 0 atom stereocenters. The molecule has 0 radical (unpaired) electrons. The minimum absolute atomic E-state index is 0.0260. The Morgan fingerprint density at radius 1 is 1.20 bits per heavy atom. The molecule has 1 aromatic rings. The average Bonchev–Trinajstić information content (AvgIpc) is 2.92. The van der Waals surface area contributed by atoms with Crippen LogP contribution in [0.15, 0.2) is 18.2 Å². The second kappa shape index (κ2) is 8.63. The Hall–Kier alpha value is -2.62. The summed E-state index contributed by atoms with van der Waals surface area (Å²) in [6, 6.07) is 6.08. The largest absolute Gasteiger partial charge is 0.490 e. The van der Waals surface area contributed by atoms with Gasteiger partial charge in [0.2, 0.25) is 5.91 Å². The lowest BCUT2D eigenvalue weighted by Crippen LogP contribution is -2.48. The third-order valence-corrected chi connectivity index (χ3v) is 5.50. The number of carboxylic acid groups (broad SMARTS) is 1. The summed E-state index contributed by atoms with van der Waals surface area (Å²) in [7, 11) is 3.49.